The Morgan fingerprint density at radius 2 is 1.91 bits per heavy atom. The maximum atomic E-state index is 12.1. The van der Waals surface area contributed by atoms with Gasteiger partial charge in [-0.2, -0.15) is 5.10 Å². The Morgan fingerprint density at radius 3 is 2.50 bits per heavy atom. The summed E-state index contributed by atoms with van der Waals surface area (Å²) in [5.74, 6) is -0.703. The van der Waals surface area contributed by atoms with Gasteiger partial charge < -0.3 is 15.5 Å². The average Bonchev–Trinajstić information content (AvgIpc) is 2.95. The van der Waals surface area contributed by atoms with Gasteiger partial charge in [-0.1, -0.05) is 32.0 Å². The summed E-state index contributed by atoms with van der Waals surface area (Å²) >= 11 is 0. The molecule has 6 nitrogen and oxygen atoms in total. The van der Waals surface area contributed by atoms with Crippen LogP contribution in [0.25, 0.3) is 5.69 Å². The predicted molar refractivity (Wildman–Crippen MR) is 83.1 cm³/mol. The second-order valence-electron chi connectivity index (χ2n) is 5.26. The molecule has 0 radical (unpaired) electrons. The van der Waals surface area contributed by atoms with Gasteiger partial charge in [0.05, 0.1) is 17.5 Å². The minimum absolute atomic E-state index is 0.0570. The van der Waals surface area contributed by atoms with Gasteiger partial charge in [0.2, 0.25) is 0 Å². The van der Waals surface area contributed by atoms with E-state index >= 15 is 0 Å². The van der Waals surface area contributed by atoms with Gasteiger partial charge in [0.25, 0.3) is 5.91 Å². The van der Waals surface area contributed by atoms with E-state index in [1.165, 1.54) is 10.9 Å². The predicted octanol–water partition coefficient (Wildman–Crippen LogP) is 1.86. The third kappa shape index (κ3) is 3.46. The third-order valence-corrected chi connectivity index (χ3v) is 3.82. The summed E-state index contributed by atoms with van der Waals surface area (Å²) in [7, 11) is 0. The molecule has 3 N–H and O–H groups in total. The van der Waals surface area contributed by atoms with E-state index < -0.39 is 11.5 Å². The highest BCUT2D eigenvalue weighted by Crippen LogP contribution is 2.19. The number of benzene rings is 1. The van der Waals surface area contributed by atoms with Crippen molar-refractivity contribution in [1.82, 2.24) is 15.1 Å². The Kier molecular flexibility index (Phi) is 4.82. The molecule has 0 spiro atoms. The first kappa shape index (κ1) is 16.0. The number of hydrogen-bond acceptors (Lipinski definition) is 4. The zero-order chi connectivity index (χ0) is 16.2. The molecule has 1 aromatic heterocycles. The lowest BCUT2D eigenvalue weighted by Crippen LogP contribution is -2.42. The van der Waals surface area contributed by atoms with Crippen molar-refractivity contribution in [3.8, 4) is 11.4 Å². The zero-order valence-corrected chi connectivity index (χ0v) is 12.8. The van der Waals surface area contributed by atoms with Gasteiger partial charge >= 0.3 is 0 Å². The normalized spacial score (nSPS) is 11.4. The average molecular weight is 303 g/mol. The maximum absolute atomic E-state index is 12.1. The summed E-state index contributed by atoms with van der Waals surface area (Å²) in [6.45, 7) is 3.84. The number of para-hydroxylation sites is 1. The SMILES string of the molecule is CCC(O)(CC)CNC(=O)c1nn(-c2ccccc2)cc1O. The first-order valence-corrected chi connectivity index (χ1v) is 7.33. The standard InChI is InChI=1S/C16H21N3O3/c1-3-16(22,4-2)11-17-15(21)14-13(20)10-19(18-14)12-8-6-5-7-9-12/h5-10,20,22H,3-4,11H2,1-2H3,(H,17,21). The number of carbonyl (C=O) groups excluding carboxylic acids is 1. The van der Waals surface area contributed by atoms with E-state index in [4.69, 9.17) is 0 Å². The van der Waals surface area contributed by atoms with Crippen molar-refractivity contribution in [2.75, 3.05) is 6.54 Å². The van der Waals surface area contributed by atoms with Crippen LogP contribution in [0.15, 0.2) is 36.5 Å². The number of hydrogen-bond donors (Lipinski definition) is 3. The highest BCUT2D eigenvalue weighted by molar-refractivity contribution is 5.94. The van der Waals surface area contributed by atoms with Crippen LogP contribution in [-0.2, 0) is 0 Å². The molecule has 0 bridgehead atoms. The van der Waals surface area contributed by atoms with Crippen LogP contribution >= 0.6 is 0 Å². The topological polar surface area (TPSA) is 87.4 Å². The second kappa shape index (κ2) is 6.62. The Labute approximate surface area is 129 Å². The smallest absolute Gasteiger partial charge is 0.275 e. The molecular formula is C16H21N3O3. The lowest BCUT2D eigenvalue weighted by molar-refractivity contribution is 0.0312. The minimum Gasteiger partial charge on any atom is -0.504 e. The minimum atomic E-state index is -0.937. The van der Waals surface area contributed by atoms with Gasteiger partial charge in [0, 0.05) is 6.54 Å². The highest BCUT2D eigenvalue weighted by Gasteiger charge is 2.25. The lowest BCUT2D eigenvalue weighted by atomic mass is 9.97. The van der Waals surface area contributed by atoms with Gasteiger partial charge in [-0.3, -0.25) is 4.79 Å². The summed E-state index contributed by atoms with van der Waals surface area (Å²) in [4.78, 5) is 12.1. The van der Waals surface area contributed by atoms with Crippen LogP contribution in [0.1, 0.15) is 37.2 Å². The Bertz CT molecular complexity index is 633. The molecule has 0 aliphatic carbocycles. The molecule has 0 saturated heterocycles. The van der Waals surface area contributed by atoms with E-state index in [0.29, 0.717) is 12.8 Å². The Balaban J connectivity index is 2.13. The van der Waals surface area contributed by atoms with Crippen molar-refractivity contribution in [3.05, 3.63) is 42.2 Å². The molecule has 1 amide bonds. The summed E-state index contributed by atoms with van der Waals surface area (Å²) in [6.07, 6.45) is 2.46. The Hall–Kier alpha value is -2.34. The van der Waals surface area contributed by atoms with Crippen LogP contribution in [0.5, 0.6) is 5.75 Å². The molecule has 0 atom stereocenters. The molecular weight excluding hydrogens is 282 g/mol. The van der Waals surface area contributed by atoms with Crippen LogP contribution < -0.4 is 5.32 Å². The quantitative estimate of drug-likeness (QED) is 0.760. The first-order chi connectivity index (χ1) is 10.5. The number of amides is 1. The van der Waals surface area contributed by atoms with Crippen molar-refractivity contribution in [2.24, 2.45) is 0 Å². The van der Waals surface area contributed by atoms with Crippen molar-refractivity contribution < 1.29 is 15.0 Å². The van der Waals surface area contributed by atoms with Crippen LogP contribution in [0, 0.1) is 0 Å². The van der Waals surface area contributed by atoms with Gasteiger partial charge in [-0.05, 0) is 25.0 Å². The number of rotatable bonds is 6. The summed E-state index contributed by atoms with van der Waals surface area (Å²) in [6, 6.07) is 9.20. The number of nitrogens with one attached hydrogen (secondary N) is 1. The third-order valence-electron chi connectivity index (χ3n) is 3.82. The maximum Gasteiger partial charge on any atom is 0.275 e. The number of aromatic hydroxyl groups is 1. The first-order valence-electron chi connectivity index (χ1n) is 7.33. The summed E-state index contributed by atoms with van der Waals surface area (Å²) in [5, 5.41) is 26.8. The van der Waals surface area contributed by atoms with Crippen molar-refractivity contribution in [3.63, 3.8) is 0 Å². The largest absolute Gasteiger partial charge is 0.504 e. The number of aliphatic hydroxyl groups is 1. The van der Waals surface area contributed by atoms with Gasteiger partial charge in [-0.25, -0.2) is 4.68 Å². The molecule has 0 aliphatic rings. The lowest BCUT2D eigenvalue weighted by Gasteiger charge is -2.25. The van der Waals surface area contributed by atoms with Crippen molar-refractivity contribution >= 4 is 5.91 Å². The number of nitrogens with zero attached hydrogens (tertiary/aromatic N) is 2. The summed E-state index contributed by atoms with van der Waals surface area (Å²) < 4.78 is 1.44. The fourth-order valence-corrected chi connectivity index (χ4v) is 2.07. The van der Waals surface area contributed by atoms with E-state index in [0.717, 1.165) is 5.69 Å². The second-order valence-corrected chi connectivity index (χ2v) is 5.26. The molecule has 22 heavy (non-hydrogen) atoms. The fourth-order valence-electron chi connectivity index (χ4n) is 2.07. The van der Waals surface area contributed by atoms with Crippen LogP contribution in [0.3, 0.4) is 0 Å². The molecule has 0 unspecified atom stereocenters. The van der Waals surface area contributed by atoms with E-state index in [-0.39, 0.29) is 18.0 Å². The molecule has 118 valence electrons. The molecule has 0 saturated carbocycles. The molecule has 0 fully saturated rings. The van der Waals surface area contributed by atoms with Crippen molar-refractivity contribution in [1.29, 1.82) is 0 Å². The van der Waals surface area contributed by atoms with E-state index in [9.17, 15) is 15.0 Å². The van der Waals surface area contributed by atoms with Gasteiger partial charge in [0.15, 0.2) is 11.4 Å². The molecule has 1 aromatic carbocycles. The Morgan fingerprint density at radius 1 is 1.27 bits per heavy atom. The molecule has 2 aromatic rings. The van der Waals surface area contributed by atoms with E-state index in [1.807, 2.05) is 44.2 Å². The van der Waals surface area contributed by atoms with E-state index in [1.54, 1.807) is 0 Å². The van der Waals surface area contributed by atoms with Crippen LogP contribution in [0.2, 0.25) is 0 Å². The molecule has 1 heterocycles. The fraction of sp³-hybridized carbons (Fsp3) is 0.375. The molecule has 6 heteroatoms. The van der Waals surface area contributed by atoms with Crippen LogP contribution in [-0.4, -0.2) is 38.0 Å². The number of carbonyl (C=O) groups is 1. The zero-order valence-electron chi connectivity index (χ0n) is 12.8. The monoisotopic (exact) mass is 303 g/mol. The number of aromatic nitrogens is 2. The van der Waals surface area contributed by atoms with Gasteiger partial charge in [0.1, 0.15) is 0 Å². The van der Waals surface area contributed by atoms with Crippen LogP contribution in [0.4, 0.5) is 0 Å². The van der Waals surface area contributed by atoms with Gasteiger partial charge in [-0.15, -0.1) is 0 Å². The summed E-state index contributed by atoms with van der Waals surface area (Å²) in [5.41, 5.74) is -0.248. The van der Waals surface area contributed by atoms with E-state index in [2.05, 4.69) is 10.4 Å². The molecule has 0 aliphatic heterocycles. The molecule has 2 rings (SSSR count). The van der Waals surface area contributed by atoms with Crippen molar-refractivity contribution in [2.45, 2.75) is 32.3 Å². The highest BCUT2D eigenvalue weighted by atomic mass is 16.3.